The summed E-state index contributed by atoms with van der Waals surface area (Å²) >= 11 is 0. The molecular weight excluding hydrogens is 218 g/mol. The number of carbonyl (C=O) groups excluding carboxylic acids is 1. The number of carbonyl (C=O) groups is 1. The second-order valence-corrected chi connectivity index (χ2v) is 3.84. The fraction of sp³-hybridized carbons (Fsp3) is 0.417. The number of hydrogen-bond acceptors (Lipinski definition) is 4. The molecule has 5 nitrogen and oxygen atoms in total. The number of primary amides is 1. The lowest BCUT2D eigenvalue weighted by molar-refractivity contribution is -0.119. The summed E-state index contributed by atoms with van der Waals surface area (Å²) in [6.07, 6.45) is 0. The van der Waals surface area contributed by atoms with Crippen molar-refractivity contribution in [3.8, 4) is 5.75 Å². The normalized spacial score (nSPS) is 10.5. The van der Waals surface area contributed by atoms with Crippen LogP contribution < -0.4 is 16.2 Å². The number of likely N-dealkylation sites (N-methyl/N-ethyl adjacent to an activating group) is 1. The molecular formula is C12H19N3O2. The number of methoxy groups -OCH3 is 1. The molecule has 0 aliphatic rings. The van der Waals surface area contributed by atoms with Crippen LogP contribution in [-0.2, 0) is 11.3 Å². The van der Waals surface area contributed by atoms with Crippen molar-refractivity contribution in [1.29, 1.82) is 0 Å². The number of nitrogens with two attached hydrogens (primary N) is 2. The first-order valence-corrected chi connectivity index (χ1v) is 5.49. The van der Waals surface area contributed by atoms with E-state index in [2.05, 4.69) is 0 Å². The second kappa shape index (κ2) is 6.10. The van der Waals surface area contributed by atoms with E-state index >= 15 is 0 Å². The quantitative estimate of drug-likeness (QED) is 0.709. The lowest BCUT2D eigenvalue weighted by Crippen LogP contribution is -2.33. The molecule has 0 unspecified atom stereocenters. The van der Waals surface area contributed by atoms with Crippen LogP contribution in [0.25, 0.3) is 0 Å². The Morgan fingerprint density at radius 1 is 1.47 bits per heavy atom. The molecule has 17 heavy (non-hydrogen) atoms. The van der Waals surface area contributed by atoms with Crippen LogP contribution in [0.3, 0.4) is 0 Å². The minimum absolute atomic E-state index is 0.231. The Bertz CT molecular complexity index is 393. The first kappa shape index (κ1) is 13.3. The van der Waals surface area contributed by atoms with E-state index in [0.717, 1.165) is 17.9 Å². The molecule has 0 spiro atoms. The molecule has 0 aliphatic carbocycles. The predicted octanol–water partition coefficient (Wildman–Crippen LogP) is 0.585. The summed E-state index contributed by atoms with van der Waals surface area (Å²) in [7, 11) is 1.61. The van der Waals surface area contributed by atoms with Gasteiger partial charge >= 0.3 is 0 Å². The van der Waals surface area contributed by atoms with Crippen LogP contribution in [0.2, 0.25) is 0 Å². The lowest BCUT2D eigenvalue weighted by Gasteiger charge is -2.20. The smallest absolute Gasteiger partial charge is 0.231 e. The Kier molecular flexibility index (Phi) is 4.78. The van der Waals surface area contributed by atoms with E-state index in [1.165, 1.54) is 0 Å². The maximum Gasteiger partial charge on any atom is 0.231 e. The molecule has 94 valence electrons. The molecule has 0 saturated heterocycles. The van der Waals surface area contributed by atoms with Crippen LogP contribution in [0, 0.1) is 0 Å². The highest BCUT2D eigenvalue weighted by Gasteiger charge is 2.10. The molecule has 0 atom stereocenters. The van der Waals surface area contributed by atoms with Gasteiger partial charge in [-0.15, -0.1) is 0 Å². The molecule has 0 aromatic heterocycles. The van der Waals surface area contributed by atoms with Gasteiger partial charge in [-0.25, -0.2) is 0 Å². The molecule has 1 rings (SSSR count). The zero-order valence-corrected chi connectivity index (χ0v) is 10.3. The number of benzene rings is 1. The topological polar surface area (TPSA) is 81.6 Å². The average Bonchev–Trinajstić information content (AvgIpc) is 2.28. The molecule has 5 heteroatoms. The minimum Gasteiger partial charge on any atom is -0.496 e. The van der Waals surface area contributed by atoms with Gasteiger partial charge in [0.2, 0.25) is 5.91 Å². The molecule has 0 radical (unpaired) electrons. The Labute approximate surface area is 101 Å². The van der Waals surface area contributed by atoms with E-state index < -0.39 is 0 Å². The zero-order chi connectivity index (χ0) is 12.8. The highest BCUT2D eigenvalue weighted by Crippen LogP contribution is 2.22. The highest BCUT2D eigenvalue weighted by atomic mass is 16.5. The average molecular weight is 237 g/mol. The lowest BCUT2D eigenvalue weighted by atomic mass is 10.1. The van der Waals surface area contributed by atoms with E-state index in [1.807, 2.05) is 24.0 Å². The SMILES string of the molecule is CCN(CC(N)=O)Cc1cc(N)ccc1OC. The minimum atomic E-state index is -0.338. The van der Waals surface area contributed by atoms with E-state index in [4.69, 9.17) is 16.2 Å². The number of ether oxygens (including phenoxy) is 1. The molecule has 0 bridgehead atoms. The van der Waals surface area contributed by atoms with Gasteiger partial charge in [0.25, 0.3) is 0 Å². The van der Waals surface area contributed by atoms with Gasteiger partial charge in [-0.2, -0.15) is 0 Å². The van der Waals surface area contributed by atoms with Gasteiger partial charge in [0.05, 0.1) is 13.7 Å². The summed E-state index contributed by atoms with van der Waals surface area (Å²) in [6, 6.07) is 5.46. The number of nitrogen functional groups attached to an aromatic ring is 1. The van der Waals surface area contributed by atoms with Crippen LogP contribution in [0.4, 0.5) is 5.69 Å². The third-order valence-corrected chi connectivity index (χ3v) is 2.53. The molecule has 1 amide bonds. The first-order valence-electron chi connectivity index (χ1n) is 5.49. The number of amides is 1. The largest absolute Gasteiger partial charge is 0.496 e. The number of nitrogens with zero attached hydrogens (tertiary/aromatic N) is 1. The van der Waals surface area contributed by atoms with Gasteiger partial charge < -0.3 is 16.2 Å². The molecule has 0 aliphatic heterocycles. The van der Waals surface area contributed by atoms with E-state index in [0.29, 0.717) is 12.2 Å². The van der Waals surface area contributed by atoms with Gasteiger partial charge in [-0.1, -0.05) is 6.92 Å². The molecule has 0 heterocycles. The number of anilines is 1. The second-order valence-electron chi connectivity index (χ2n) is 3.84. The monoisotopic (exact) mass is 237 g/mol. The van der Waals surface area contributed by atoms with Gasteiger partial charge in [0, 0.05) is 17.8 Å². The fourth-order valence-electron chi connectivity index (χ4n) is 1.66. The van der Waals surface area contributed by atoms with Gasteiger partial charge in [0.1, 0.15) is 5.75 Å². The molecule has 0 saturated carbocycles. The molecule has 1 aromatic carbocycles. The first-order chi connectivity index (χ1) is 8.06. The summed E-state index contributed by atoms with van der Waals surface area (Å²) in [4.78, 5) is 12.8. The van der Waals surface area contributed by atoms with E-state index in [-0.39, 0.29) is 12.5 Å². The van der Waals surface area contributed by atoms with Gasteiger partial charge in [0.15, 0.2) is 0 Å². The van der Waals surface area contributed by atoms with Crippen LogP contribution >= 0.6 is 0 Å². The maximum atomic E-state index is 10.9. The van der Waals surface area contributed by atoms with Crippen molar-refractivity contribution in [3.63, 3.8) is 0 Å². The molecule has 0 fully saturated rings. The van der Waals surface area contributed by atoms with E-state index in [9.17, 15) is 4.79 Å². The van der Waals surface area contributed by atoms with Crippen molar-refractivity contribution in [2.45, 2.75) is 13.5 Å². The summed E-state index contributed by atoms with van der Waals surface area (Å²) in [5.41, 5.74) is 12.6. The fourth-order valence-corrected chi connectivity index (χ4v) is 1.66. The summed E-state index contributed by atoms with van der Waals surface area (Å²) < 4.78 is 5.25. The van der Waals surface area contributed by atoms with Gasteiger partial charge in [-0.3, -0.25) is 9.69 Å². The van der Waals surface area contributed by atoms with Crippen LogP contribution in [0.1, 0.15) is 12.5 Å². The summed E-state index contributed by atoms with van der Waals surface area (Å²) in [5, 5.41) is 0. The van der Waals surface area contributed by atoms with E-state index in [1.54, 1.807) is 13.2 Å². The van der Waals surface area contributed by atoms with Crippen LogP contribution in [0.5, 0.6) is 5.75 Å². The standard InChI is InChI=1S/C12H19N3O2/c1-3-15(8-12(14)16)7-9-6-10(13)4-5-11(9)17-2/h4-6H,3,7-8,13H2,1-2H3,(H2,14,16). The Morgan fingerprint density at radius 2 is 2.18 bits per heavy atom. The van der Waals surface area contributed by atoms with Crippen molar-refractivity contribution in [3.05, 3.63) is 23.8 Å². The predicted molar refractivity (Wildman–Crippen MR) is 67.6 cm³/mol. The van der Waals surface area contributed by atoms with Crippen molar-refractivity contribution in [2.75, 3.05) is 25.9 Å². The Hall–Kier alpha value is -1.75. The third kappa shape index (κ3) is 3.96. The van der Waals surface area contributed by atoms with Crippen molar-refractivity contribution < 1.29 is 9.53 Å². The van der Waals surface area contributed by atoms with Gasteiger partial charge in [-0.05, 0) is 24.7 Å². The summed E-state index contributed by atoms with van der Waals surface area (Å²) in [6.45, 7) is 3.53. The third-order valence-electron chi connectivity index (χ3n) is 2.53. The summed E-state index contributed by atoms with van der Waals surface area (Å²) in [5.74, 6) is 0.428. The Morgan fingerprint density at radius 3 is 2.71 bits per heavy atom. The van der Waals surface area contributed by atoms with Crippen molar-refractivity contribution >= 4 is 11.6 Å². The van der Waals surface area contributed by atoms with Crippen LogP contribution in [-0.4, -0.2) is 31.0 Å². The highest BCUT2D eigenvalue weighted by molar-refractivity contribution is 5.75. The number of hydrogen-bond donors (Lipinski definition) is 2. The molecule has 4 N–H and O–H groups in total. The maximum absolute atomic E-state index is 10.9. The van der Waals surface area contributed by atoms with Crippen LogP contribution in [0.15, 0.2) is 18.2 Å². The number of rotatable bonds is 6. The van der Waals surface area contributed by atoms with Crippen molar-refractivity contribution in [1.82, 2.24) is 4.90 Å². The molecule has 1 aromatic rings. The van der Waals surface area contributed by atoms with Crippen molar-refractivity contribution in [2.24, 2.45) is 5.73 Å². The zero-order valence-electron chi connectivity index (χ0n) is 10.3. The Balaban J connectivity index is 2.84.